The van der Waals surface area contributed by atoms with E-state index in [0.717, 1.165) is 13.0 Å². The molecule has 0 fully saturated rings. The van der Waals surface area contributed by atoms with Gasteiger partial charge in [0.25, 0.3) is 0 Å². The maximum absolute atomic E-state index is 6.25. The summed E-state index contributed by atoms with van der Waals surface area (Å²) in [6.45, 7) is 10.0. The molecule has 2 heteroatoms. The van der Waals surface area contributed by atoms with Crippen LogP contribution in [0.3, 0.4) is 0 Å². The molecule has 0 spiro atoms. The minimum Gasteiger partial charge on any atom is -0.326 e. The Hall–Kier alpha value is -0.860. The Kier molecular flexibility index (Phi) is 5.36. The van der Waals surface area contributed by atoms with Gasteiger partial charge in [-0.05, 0) is 31.4 Å². The summed E-state index contributed by atoms with van der Waals surface area (Å²) in [5, 5.41) is 0. The molecule has 18 heavy (non-hydrogen) atoms. The van der Waals surface area contributed by atoms with Gasteiger partial charge in [0, 0.05) is 18.6 Å². The average Bonchev–Trinajstić information content (AvgIpc) is 2.27. The summed E-state index contributed by atoms with van der Waals surface area (Å²) >= 11 is 0. The predicted octanol–water partition coefficient (Wildman–Crippen LogP) is 2.92. The van der Waals surface area contributed by atoms with Crippen molar-refractivity contribution < 1.29 is 0 Å². The molecule has 1 aromatic carbocycles. The first-order chi connectivity index (χ1) is 8.30. The van der Waals surface area contributed by atoms with Crippen molar-refractivity contribution >= 4 is 0 Å². The van der Waals surface area contributed by atoms with Gasteiger partial charge in [0.15, 0.2) is 0 Å². The maximum Gasteiger partial charge on any atom is 0.0208 e. The second kappa shape index (κ2) is 6.35. The molecule has 102 valence electrons. The van der Waals surface area contributed by atoms with Crippen molar-refractivity contribution in [2.45, 2.75) is 46.2 Å². The van der Waals surface area contributed by atoms with E-state index in [9.17, 15) is 0 Å². The number of likely N-dealkylation sites (N-methyl/N-ethyl adjacent to an activating group) is 1. The van der Waals surface area contributed by atoms with Crippen LogP contribution in [0, 0.1) is 5.41 Å². The third-order valence-corrected chi connectivity index (χ3v) is 3.78. The first-order valence-electron chi connectivity index (χ1n) is 6.80. The van der Waals surface area contributed by atoms with Gasteiger partial charge >= 0.3 is 0 Å². The van der Waals surface area contributed by atoms with Gasteiger partial charge < -0.3 is 10.6 Å². The Morgan fingerprint density at radius 2 is 1.72 bits per heavy atom. The van der Waals surface area contributed by atoms with Crippen LogP contribution in [0.4, 0.5) is 0 Å². The highest BCUT2D eigenvalue weighted by atomic mass is 15.1. The van der Waals surface area contributed by atoms with Crippen LogP contribution in [0.5, 0.6) is 0 Å². The molecule has 0 aliphatic carbocycles. The second-order valence-corrected chi connectivity index (χ2v) is 6.43. The molecule has 1 aromatic rings. The number of nitrogens with zero attached hydrogens (tertiary/aromatic N) is 1. The van der Waals surface area contributed by atoms with E-state index in [1.54, 1.807) is 0 Å². The summed E-state index contributed by atoms with van der Waals surface area (Å²) in [6, 6.07) is 11.2. The van der Waals surface area contributed by atoms with Gasteiger partial charge in [-0.25, -0.2) is 0 Å². The third kappa shape index (κ3) is 4.79. The summed E-state index contributed by atoms with van der Waals surface area (Å²) in [7, 11) is 2.17. The minimum absolute atomic E-state index is 0.196. The van der Waals surface area contributed by atoms with Gasteiger partial charge in [0.2, 0.25) is 0 Å². The van der Waals surface area contributed by atoms with Crippen LogP contribution in [-0.4, -0.2) is 30.6 Å². The molecule has 0 amide bonds. The Balaban J connectivity index is 2.48. The van der Waals surface area contributed by atoms with Crippen molar-refractivity contribution in [1.82, 2.24) is 4.90 Å². The van der Waals surface area contributed by atoms with E-state index in [0.29, 0.717) is 11.5 Å². The lowest BCUT2D eigenvalue weighted by Crippen LogP contribution is -2.45. The quantitative estimate of drug-likeness (QED) is 0.868. The number of hydrogen-bond donors (Lipinski definition) is 1. The molecule has 1 rings (SSSR count). The number of hydrogen-bond acceptors (Lipinski definition) is 2. The van der Waals surface area contributed by atoms with Crippen LogP contribution in [0.25, 0.3) is 0 Å². The fraction of sp³-hybridized carbons (Fsp3) is 0.625. The van der Waals surface area contributed by atoms with Crippen molar-refractivity contribution in [3.63, 3.8) is 0 Å². The molecule has 2 unspecified atom stereocenters. The molecule has 0 aromatic heterocycles. The highest BCUT2D eigenvalue weighted by Crippen LogP contribution is 2.23. The summed E-state index contributed by atoms with van der Waals surface area (Å²) in [5.74, 6) is 0. The zero-order valence-corrected chi connectivity index (χ0v) is 12.5. The Labute approximate surface area is 112 Å². The van der Waals surface area contributed by atoms with Crippen molar-refractivity contribution in [1.29, 1.82) is 0 Å². The van der Waals surface area contributed by atoms with Crippen LogP contribution in [0.15, 0.2) is 30.3 Å². The van der Waals surface area contributed by atoms with E-state index in [-0.39, 0.29) is 6.04 Å². The molecular formula is C16H28N2. The van der Waals surface area contributed by atoms with Crippen molar-refractivity contribution in [2.24, 2.45) is 11.1 Å². The normalized spacial score (nSPS) is 15.7. The lowest BCUT2D eigenvalue weighted by Gasteiger charge is -2.36. The SMILES string of the molecule is CC(N(C)CC(N)Cc1ccccc1)C(C)(C)C. The monoisotopic (exact) mass is 248 g/mol. The molecule has 2 N–H and O–H groups in total. The van der Waals surface area contributed by atoms with E-state index in [2.05, 4.69) is 63.9 Å². The molecule has 0 saturated carbocycles. The van der Waals surface area contributed by atoms with Crippen LogP contribution in [-0.2, 0) is 6.42 Å². The molecule has 2 nitrogen and oxygen atoms in total. The Morgan fingerprint density at radius 1 is 1.17 bits per heavy atom. The van der Waals surface area contributed by atoms with Crippen LogP contribution < -0.4 is 5.73 Å². The number of nitrogens with two attached hydrogens (primary N) is 1. The third-order valence-electron chi connectivity index (χ3n) is 3.78. The predicted molar refractivity (Wildman–Crippen MR) is 79.7 cm³/mol. The van der Waals surface area contributed by atoms with Crippen molar-refractivity contribution in [3.05, 3.63) is 35.9 Å². The Bertz CT molecular complexity index is 340. The van der Waals surface area contributed by atoms with E-state index in [4.69, 9.17) is 5.73 Å². The summed E-state index contributed by atoms with van der Waals surface area (Å²) in [6.07, 6.45) is 0.946. The average molecular weight is 248 g/mol. The molecule has 0 saturated heterocycles. The molecule has 0 radical (unpaired) electrons. The largest absolute Gasteiger partial charge is 0.326 e. The molecule has 0 aliphatic heterocycles. The van der Waals surface area contributed by atoms with E-state index < -0.39 is 0 Å². The van der Waals surface area contributed by atoms with Gasteiger partial charge in [-0.15, -0.1) is 0 Å². The summed E-state index contributed by atoms with van der Waals surface area (Å²) in [5.41, 5.74) is 7.86. The van der Waals surface area contributed by atoms with E-state index in [1.165, 1.54) is 5.56 Å². The zero-order chi connectivity index (χ0) is 13.8. The van der Waals surface area contributed by atoms with Crippen molar-refractivity contribution in [3.8, 4) is 0 Å². The summed E-state index contributed by atoms with van der Waals surface area (Å²) in [4.78, 5) is 2.37. The lowest BCUT2D eigenvalue weighted by atomic mass is 9.87. The number of rotatable bonds is 5. The zero-order valence-electron chi connectivity index (χ0n) is 12.5. The van der Waals surface area contributed by atoms with E-state index in [1.807, 2.05) is 6.07 Å². The van der Waals surface area contributed by atoms with Gasteiger partial charge in [-0.3, -0.25) is 0 Å². The molecular weight excluding hydrogens is 220 g/mol. The van der Waals surface area contributed by atoms with Gasteiger partial charge in [0.05, 0.1) is 0 Å². The van der Waals surface area contributed by atoms with Gasteiger partial charge in [-0.1, -0.05) is 51.1 Å². The van der Waals surface area contributed by atoms with Gasteiger partial charge in [-0.2, -0.15) is 0 Å². The smallest absolute Gasteiger partial charge is 0.0208 e. The maximum atomic E-state index is 6.25. The summed E-state index contributed by atoms with van der Waals surface area (Å²) < 4.78 is 0. The molecule has 0 heterocycles. The molecule has 2 atom stereocenters. The standard InChI is InChI=1S/C16H28N2/c1-13(16(2,3)4)18(5)12-15(17)11-14-9-7-6-8-10-14/h6-10,13,15H,11-12,17H2,1-5H3. The highest BCUT2D eigenvalue weighted by Gasteiger charge is 2.24. The van der Waals surface area contributed by atoms with Crippen LogP contribution >= 0.6 is 0 Å². The topological polar surface area (TPSA) is 29.3 Å². The fourth-order valence-corrected chi connectivity index (χ4v) is 2.17. The molecule has 0 aliphatic rings. The highest BCUT2D eigenvalue weighted by molar-refractivity contribution is 5.15. The Morgan fingerprint density at radius 3 is 2.22 bits per heavy atom. The number of benzene rings is 1. The molecule has 0 bridgehead atoms. The first kappa shape index (κ1) is 15.2. The van der Waals surface area contributed by atoms with Crippen LogP contribution in [0.1, 0.15) is 33.3 Å². The first-order valence-corrected chi connectivity index (χ1v) is 6.80. The van der Waals surface area contributed by atoms with Crippen LogP contribution in [0.2, 0.25) is 0 Å². The fourth-order valence-electron chi connectivity index (χ4n) is 2.17. The van der Waals surface area contributed by atoms with Crippen molar-refractivity contribution in [2.75, 3.05) is 13.6 Å². The minimum atomic E-state index is 0.196. The second-order valence-electron chi connectivity index (χ2n) is 6.43. The lowest BCUT2D eigenvalue weighted by molar-refractivity contribution is 0.134. The van der Waals surface area contributed by atoms with Gasteiger partial charge in [0.1, 0.15) is 0 Å². The van der Waals surface area contributed by atoms with E-state index >= 15 is 0 Å².